The van der Waals surface area contributed by atoms with Crippen molar-refractivity contribution in [1.82, 2.24) is 0 Å². The molecule has 0 amide bonds. The van der Waals surface area contributed by atoms with Gasteiger partial charge in [0, 0.05) is 0 Å². The van der Waals surface area contributed by atoms with Crippen LogP contribution in [0.4, 0.5) is 0 Å². The van der Waals surface area contributed by atoms with Gasteiger partial charge in [0.15, 0.2) is 5.60 Å². The van der Waals surface area contributed by atoms with Crippen LogP contribution in [-0.2, 0) is 4.79 Å². The second-order valence-electron chi connectivity index (χ2n) is 3.61. The Labute approximate surface area is 72.4 Å². The molecule has 2 N–H and O–H groups in total. The van der Waals surface area contributed by atoms with E-state index in [-0.39, 0.29) is 5.92 Å². The van der Waals surface area contributed by atoms with E-state index in [1.54, 1.807) is 0 Å². The lowest BCUT2D eigenvalue weighted by Gasteiger charge is -2.38. The first-order valence-corrected chi connectivity index (χ1v) is 4.57. The third kappa shape index (κ3) is 1.46. The molecule has 3 heteroatoms. The number of aliphatic carboxylic acids is 1. The average Bonchev–Trinajstić information content (AvgIpc) is 1.83. The van der Waals surface area contributed by atoms with Crippen molar-refractivity contribution in [2.45, 2.75) is 44.6 Å². The number of carboxylic acid groups (broad SMARTS) is 1. The van der Waals surface area contributed by atoms with Gasteiger partial charge < -0.3 is 10.2 Å². The zero-order chi connectivity index (χ0) is 9.19. The molecule has 1 fully saturated rings. The third-order valence-electron chi connectivity index (χ3n) is 2.78. The Morgan fingerprint density at radius 2 is 2.17 bits per heavy atom. The Kier molecular flexibility index (Phi) is 2.73. The van der Waals surface area contributed by atoms with Crippen LogP contribution in [0.25, 0.3) is 0 Å². The first-order chi connectivity index (χ1) is 5.61. The van der Waals surface area contributed by atoms with Gasteiger partial charge in [-0.1, -0.05) is 19.8 Å². The van der Waals surface area contributed by atoms with Gasteiger partial charge in [-0.05, 0) is 25.2 Å². The molecule has 70 valence electrons. The lowest BCUT2D eigenvalue weighted by molar-refractivity contribution is -0.170. The van der Waals surface area contributed by atoms with Crippen molar-refractivity contribution < 1.29 is 15.0 Å². The van der Waals surface area contributed by atoms with Crippen LogP contribution in [0.2, 0.25) is 0 Å². The highest BCUT2D eigenvalue weighted by Gasteiger charge is 2.45. The topological polar surface area (TPSA) is 57.5 Å². The predicted molar refractivity (Wildman–Crippen MR) is 44.8 cm³/mol. The van der Waals surface area contributed by atoms with Crippen LogP contribution in [0.5, 0.6) is 0 Å². The minimum atomic E-state index is -1.44. The normalized spacial score (nSPS) is 22.8. The lowest BCUT2D eigenvalue weighted by Crippen LogP contribution is -2.48. The van der Waals surface area contributed by atoms with Gasteiger partial charge in [0.1, 0.15) is 0 Å². The van der Waals surface area contributed by atoms with Crippen molar-refractivity contribution in [3.05, 3.63) is 0 Å². The third-order valence-corrected chi connectivity index (χ3v) is 2.78. The zero-order valence-electron chi connectivity index (χ0n) is 7.42. The van der Waals surface area contributed by atoms with Gasteiger partial charge in [-0.3, -0.25) is 0 Å². The molecule has 0 aromatic heterocycles. The van der Waals surface area contributed by atoms with Gasteiger partial charge >= 0.3 is 5.97 Å². The van der Waals surface area contributed by atoms with Crippen LogP contribution >= 0.6 is 0 Å². The highest BCUT2D eigenvalue weighted by atomic mass is 16.4. The summed E-state index contributed by atoms with van der Waals surface area (Å²) in [7, 11) is 0. The maximum absolute atomic E-state index is 10.8. The van der Waals surface area contributed by atoms with E-state index in [1.807, 2.05) is 6.92 Å². The maximum atomic E-state index is 10.8. The first-order valence-electron chi connectivity index (χ1n) is 4.57. The predicted octanol–water partition coefficient (Wildman–Crippen LogP) is 1.40. The molecule has 0 aromatic carbocycles. The monoisotopic (exact) mass is 172 g/mol. The summed E-state index contributed by atoms with van der Waals surface area (Å²) in [5.74, 6) is -1.05. The van der Waals surface area contributed by atoms with E-state index in [9.17, 15) is 9.90 Å². The van der Waals surface area contributed by atoms with Crippen molar-refractivity contribution in [3.63, 3.8) is 0 Å². The van der Waals surface area contributed by atoms with Gasteiger partial charge in [-0.2, -0.15) is 0 Å². The Hall–Kier alpha value is -0.570. The van der Waals surface area contributed by atoms with Gasteiger partial charge in [0.05, 0.1) is 0 Å². The molecule has 1 saturated carbocycles. The Morgan fingerprint density at radius 1 is 1.58 bits per heavy atom. The molecule has 1 atom stereocenters. The second-order valence-corrected chi connectivity index (χ2v) is 3.61. The Bertz CT molecular complexity index is 175. The minimum absolute atomic E-state index is 0.00468. The van der Waals surface area contributed by atoms with Crippen LogP contribution in [0.3, 0.4) is 0 Å². The molecule has 1 rings (SSSR count). The fourth-order valence-corrected chi connectivity index (χ4v) is 1.75. The maximum Gasteiger partial charge on any atom is 0.335 e. The first kappa shape index (κ1) is 9.52. The van der Waals surface area contributed by atoms with E-state index in [2.05, 4.69) is 0 Å². The summed E-state index contributed by atoms with van der Waals surface area (Å²) < 4.78 is 0. The molecule has 0 aliphatic heterocycles. The van der Waals surface area contributed by atoms with Gasteiger partial charge in [0.25, 0.3) is 0 Å². The number of aliphatic hydroxyl groups is 1. The standard InChI is InChI=1S/C9H16O3/c1-2-6-9(12,8(10)11)7-4-3-5-7/h7,12H,2-6H2,1H3,(H,10,11). The molecule has 1 aliphatic carbocycles. The van der Waals surface area contributed by atoms with E-state index < -0.39 is 11.6 Å². The Balaban J connectivity index is 2.63. The molecule has 12 heavy (non-hydrogen) atoms. The highest BCUT2D eigenvalue weighted by Crippen LogP contribution is 2.38. The van der Waals surface area contributed by atoms with Gasteiger partial charge in [-0.15, -0.1) is 0 Å². The SMILES string of the molecule is CCCC(O)(C(=O)O)C1CCC1. The lowest BCUT2D eigenvalue weighted by atomic mass is 9.71. The van der Waals surface area contributed by atoms with Crippen LogP contribution in [0.15, 0.2) is 0 Å². The summed E-state index contributed by atoms with van der Waals surface area (Å²) in [4.78, 5) is 10.8. The minimum Gasteiger partial charge on any atom is -0.479 e. The van der Waals surface area contributed by atoms with Crippen LogP contribution in [0.1, 0.15) is 39.0 Å². The number of rotatable bonds is 4. The molecule has 0 radical (unpaired) electrons. The van der Waals surface area contributed by atoms with Crippen LogP contribution < -0.4 is 0 Å². The van der Waals surface area contributed by atoms with Crippen molar-refractivity contribution in [1.29, 1.82) is 0 Å². The molecule has 0 bridgehead atoms. The zero-order valence-corrected chi connectivity index (χ0v) is 7.42. The molecule has 1 aliphatic rings. The fourth-order valence-electron chi connectivity index (χ4n) is 1.75. The molecular formula is C9H16O3. The van der Waals surface area contributed by atoms with Crippen LogP contribution in [-0.4, -0.2) is 21.8 Å². The molecule has 0 spiro atoms. The molecule has 0 heterocycles. The van der Waals surface area contributed by atoms with Crippen LogP contribution in [0, 0.1) is 5.92 Å². The quantitative estimate of drug-likeness (QED) is 0.674. The van der Waals surface area contributed by atoms with E-state index >= 15 is 0 Å². The van der Waals surface area contributed by atoms with Crippen molar-refractivity contribution in [2.24, 2.45) is 5.92 Å². The number of hydrogen-bond acceptors (Lipinski definition) is 2. The summed E-state index contributed by atoms with van der Waals surface area (Å²) in [6.45, 7) is 1.90. The molecule has 0 saturated heterocycles. The molecular weight excluding hydrogens is 156 g/mol. The van der Waals surface area contributed by atoms with Gasteiger partial charge in [-0.25, -0.2) is 4.79 Å². The summed E-state index contributed by atoms with van der Waals surface area (Å²) in [5.41, 5.74) is -1.44. The second kappa shape index (κ2) is 3.44. The summed E-state index contributed by atoms with van der Waals surface area (Å²) in [6, 6.07) is 0. The molecule has 0 aromatic rings. The average molecular weight is 172 g/mol. The summed E-state index contributed by atoms with van der Waals surface area (Å²) in [5, 5.41) is 18.7. The number of carbonyl (C=O) groups is 1. The fraction of sp³-hybridized carbons (Fsp3) is 0.889. The highest BCUT2D eigenvalue weighted by molar-refractivity contribution is 5.77. The number of carboxylic acids is 1. The van der Waals surface area contributed by atoms with Crippen molar-refractivity contribution in [2.75, 3.05) is 0 Å². The van der Waals surface area contributed by atoms with Crippen molar-refractivity contribution in [3.8, 4) is 0 Å². The summed E-state index contributed by atoms with van der Waals surface area (Å²) in [6.07, 6.45) is 3.89. The largest absolute Gasteiger partial charge is 0.479 e. The van der Waals surface area contributed by atoms with Gasteiger partial charge in [0.2, 0.25) is 0 Å². The molecule has 3 nitrogen and oxygen atoms in total. The Morgan fingerprint density at radius 3 is 2.42 bits per heavy atom. The number of hydrogen-bond donors (Lipinski definition) is 2. The van der Waals surface area contributed by atoms with E-state index in [1.165, 1.54) is 0 Å². The van der Waals surface area contributed by atoms with E-state index in [0.717, 1.165) is 25.7 Å². The smallest absolute Gasteiger partial charge is 0.335 e. The van der Waals surface area contributed by atoms with E-state index in [4.69, 9.17) is 5.11 Å². The van der Waals surface area contributed by atoms with E-state index in [0.29, 0.717) is 6.42 Å². The molecule has 1 unspecified atom stereocenters. The van der Waals surface area contributed by atoms with Crippen molar-refractivity contribution >= 4 is 5.97 Å². The summed E-state index contributed by atoms with van der Waals surface area (Å²) >= 11 is 0.